The van der Waals surface area contributed by atoms with Gasteiger partial charge in [-0.3, -0.25) is 9.59 Å². The summed E-state index contributed by atoms with van der Waals surface area (Å²) >= 11 is 0. The van der Waals surface area contributed by atoms with Crippen LogP contribution in [0.3, 0.4) is 0 Å². The molecule has 120 valence electrons. The maximum absolute atomic E-state index is 12.8. The van der Waals surface area contributed by atoms with Gasteiger partial charge >= 0.3 is 12.1 Å². The molecule has 22 heavy (non-hydrogen) atoms. The molecule has 8 heteroatoms. The number of benzene rings is 1. The second-order valence-electron chi connectivity index (χ2n) is 5.06. The Balaban J connectivity index is 1.87. The first kappa shape index (κ1) is 16.3. The average Bonchev–Trinajstić information content (AvgIpc) is 2.48. The SMILES string of the molecule is O=C(Nc1ccc(F)cc1)C1CCN(C(=O)C(F)(F)F)CC1. The number of carbonyl (C=O) groups excluding carboxylic acids is 2. The Kier molecular flexibility index (Phi) is 4.68. The zero-order valence-electron chi connectivity index (χ0n) is 11.5. The number of hydrogen-bond donors (Lipinski definition) is 1. The molecule has 1 N–H and O–H groups in total. The van der Waals surface area contributed by atoms with Gasteiger partial charge in [0.2, 0.25) is 5.91 Å². The number of carbonyl (C=O) groups is 2. The first-order valence-electron chi connectivity index (χ1n) is 6.70. The number of nitrogens with one attached hydrogen (secondary N) is 1. The third-order valence-corrected chi connectivity index (χ3v) is 3.51. The van der Waals surface area contributed by atoms with Crippen LogP contribution in [0.1, 0.15) is 12.8 Å². The molecule has 0 aromatic heterocycles. The summed E-state index contributed by atoms with van der Waals surface area (Å²) in [5.41, 5.74) is 0.417. The lowest BCUT2D eigenvalue weighted by Crippen LogP contribution is -2.46. The van der Waals surface area contributed by atoms with E-state index in [4.69, 9.17) is 0 Å². The standard InChI is InChI=1S/C14H14F4N2O2/c15-10-1-3-11(4-2-10)19-12(21)9-5-7-20(8-6-9)13(22)14(16,17)18/h1-4,9H,5-8H2,(H,19,21). The van der Waals surface area contributed by atoms with Gasteiger partial charge in [-0.2, -0.15) is 13.2 Å². The van der Waals surface area contributed by atoms with Crippen molar-refractivity contribution in [3.8, 4) is 0 Å². The van der Waals surface area contributed by atoms with Crippen LogP contribution in [0.25, 0.3) is 0 Å². The van der Waals surface area contributed by atoms with E-state index in [9.17, 15) is 27.2 Å². The Bertz CT molecular complexity index is 549. The number of halogens is 4. The molecule has 0 bridgehead atoms. The zero-order chi connectivity index (χ0) is 16.3. The maximum atomic E-state index is 12.8. The summed E-state index contributed by atoms with van der Waals surface area (Å²) in [5.74, 6) is -3.12. The van der Waals surface area contributed by atoms with Crippen LogP contribution in [-0.2, 0) is 9.59 Å². The molecule has 1 aliphatic heterocycles. The molecule has 0 radical (unpaired) electrons. The van der Waals surface area contributed by atoms with Gasteiger partial charge in [-0.05, 0) is 37.1 Å². The second-order valence-corrected chi connectivity index (χ2v) is 5.06. The van der Waals surface area contributed by atoms with Crippen LogP contribution in [0.2, 0.25) is 0 Å². The van der Waals surface area contributed by atoms with Crippen molar-refractivity contribution in [2.75, 3.05) is 18.4 Å². The third kappa shape index (κ3) is 3.96. The van der Waals surface area contributed by atoms with Gasteiger partial charge in [-0.15, -0.1) is 0 Å². The first-order valence-corrected chi connectivity index (χ1v) is 6.70. The maximum Gasteiger partial charge on any atom is 0.471 e. The highest BCUT2D eigenvalue weighted by atomic mass is 19.4. The third-order valence-electron chi connectivity index (χ3n) is 3.51. The topological polar surface area (TPSA) is 49.4 Å². The number of rotatable bonds is 2. The van der Waals surface area contributed by atoms with E-state index in [1.54, 1.807) is 0 Å². The molecule has 0 aliphatic carbocycles. The van der Waals surface area contributed by atoms with Gasteiger partial charge in [0.05, 0.1) is 0 Å². The van der Waals surface area contributed by atoms with Crippen molar-refractivity contribution >= 4 is 17.5 Å². The summed E-state index contributed by atoms with van der Waals surface area (Å²) in [4.78, 5) is 23.8. The van der Waals surface area contributed by atoms with Crippen LogP contribution in [0, 0.1) is 11.7 Å². The van der Waals surface area contributed by atoms with Gasteiger partial charge in [0.15, 0.2) is 0 Å². The van der Waals surface area contributed by atoms with Gasteiger partial charge in [0.25, 0.3) is 0 Å². The van der Waals surface area contributed by atoms with Crippen molar-refractivity contribution in [1.82, 2.24) is 4.90 Å². The summed E-state index contributed by atoms with van der Waals surface area (Å²) < 4.78 is 49.7. The summed E-state index contributed by atoms with van der Waals surface area (Å²) in [6.07, 6.45) is -4.56. The van der Waals surface area contributed by atoms with Crippen molar-refractivity contribution in [2.45, 2.75) is 19.0 Å². The smallest absolute Gasteiger partial charge is 0.335 e. The molecule has 1 aromatic carbocycles. The lowest BCUT2D eigenvalue weighted by atomic mass is 9.95. The van der Waals surface area contributed by atoms with Gasteiger partial charge in [-0.25, -0.2) is 4.39 Å². The van der Waals surface area contributed by atoms with Crippen LogP contribution in [-0.4, -0.2) is 36.0 Å². The molecule has 1 heterocycles. The highest BCUT2D eigenvalue weighted by Crippen LogP contribution is 2.24. The minimum Gasteiger partial charge on any atom is -0.335 e. The van der Waals surface area contributed by atoms with E-state index in [-0.39, 0.29) is 31.8 Å². The van der Waals surface area contributed by atoms with E-state index in [1.165, 1.54) is 24.3 Å². The molecule has 0 spiro atoms. The van der Waals surface area contributed by atoms with E-state index in [0.717, 1.165) is 0 Å². The van der Waals surface area contributed by atoms with Crippen LogP contribution in [0.15, 0.2) is 24.3 Å². The number of likely N-dealkylation sites (tertiary alicyclic amines) is 1. The summed E-state index contributed by atoms with van der Waals surface area (Å²) in [5, 5.41) is 2.58. The molecule has 1 saturated heterocycles. The highest BCUT2D eigenvalue weighted by molar-refractivity contribution is 5.92. The van der Waals surface area contributed by atoms with Crippen LogP contribution in [0.5, 0.6) is 0 Å². The van der Waals surface area contributed by atoms with Crippen molar-refractivity contribution in [3.05, 3.63) is 30.1 Å². The molecular weight excluding hydrogens is 304 g/mol. The fourth-order valence-corrected chi connectivity index (χ4v) is 2.30. The number of hydrogen-bond acceptors (Lipinski definition) is 2. The van der Waals surface area contributed by atoms with Gasteiger partial charge in [0, 0.05) is 24.7 Å². The van der Waals surface area contributed by atoms with E-state index in [1.807, 2.05) is 0 Å². The van der Waals surface area contributed by atoms with Crippen molar-refractivity contribution in [1.29, 1.82) is 0 Å². The number of anilines is 1. The van der Waals surface area contributed by atoms with Gasteiger partial charge in [0.1, 0.15) is 5.82 Å². The molecule has 0 unspecified atom stereocenters. The lowest BCUT2D eigenvalue weighted by Gasteiger charge is -2.31. The molecular formula is C14H14F4N2O2. The summed E-state index contributed by atoms with van der Waals surface area (Å²) in [6, 6.07) is 5.19. The van der Waals surface area contributed by atoms with Crippen LogP contribution < -0.4 is 5.32 Å². The normalized spacial score (nSPS) is 16.5. The van der Waals surface area contributed by atoms with E-state index in [2.05, 4.69) is 5.32 Å². The Labute approximate surface area is 124 Å². The van der Waals surface area contributed by atoms with E-state index in [0.29, 0.717) is 10.6 Å². The second kappa shape index (κ2) is 6.33. The largest absolute Gasteiger partial charge is 0.471 e. The quantitative estimate of drug-likeness (QED) is 0.852. The number of amides is 2. The molecule has 0 atom stereocenters. The molecule has 1 aliphatic rings. The fourth-order valence-electron chi connectivity index (χ4n) is 2.30. The Hall–Kier alpha value is -2.12. The van der Waals surface area contributed by atoms with Crippen LogP contribution in [0.4, 0.5) is 23.2 Å². The Morgan fingerprint density at radius 3 is 2.14 bits per heavy atom. The van der Waals surface area contributed by atoms with E-state index >= 15 is 0 Å². The number of piperidine rings is 1. The summed E-state index contributed by atoms with van der Waals surface area (Å²) in [6.45, 7) is -0.223. The molecule has 1 aromatic rings. The average molecular weight is 318 g/mol. The summed E-state index contributed by atoms with van der Waals surface area (Å²) in [7, 11) is 0. The zero-order valence-corrected chi connectivity index (χ0v) is 11.5. The number of nitrogens with zero attached hydrogens (tertiary/aromatic N) is 1. The Morgan fingerprint density at radius 1 is 1.09 bits per heavy atom. The first-order chi connectivity index (χ1) is 10.3. The lowest BCUT2D eigenvalue weighted by molar-refractivity contribution is -0.186. The fraction of sp³-hybridized carbons (Fsp3) is 0.429. The highest BCUT2D eigenvalue weighted by Gasteiger charge is 2.43. The van der Waals surface area contributed by atoms with Gasteiger partial charge < -0.3 is 10.2 Å². The minimum absolute atomic E-state index is 0.111. The van der Waals surface area contributed by atoms with Gasteiger partial charge in [-0.1, -0.05) is 0 Å². The van der Waals surface area contributed by atoms with Crippen LogP contribution >= 0.6 is 0 Å². The molecule has 0 saturated carbocycles. The molecule has 4 nitrogen and oxygen atoms in total. The Morgan fingerprint density at radius 2 is 1.64 bits per heavy atom. The van der Waals surface area contributed by atoms with Crippen molar-refractivity contribution in [3.63, 3.8) is 0 Å². The van der Waals surface area contributed by atoms with E-state index < -0.39 is 23.8 Å². The monoisotopic (exact) mass is 318 g/mol. The predicted octanol–water partition coefficient (Wildman–Crippen LogP) is 2.57. The molecule has 2 rings (SSSR count). The molecule has 2 amide bonds. The molecule has 1 fully saturated rings. The minimum atomic E-state index is -4.89. The van der Waals surface area contributed by atoms with Crippen molar-refractivity contribution in [2.24, 2.45) is 5.92 Å². The predicted molar refractivity (Wildman–Crippen MR) is 70.4 cm³/mol. The number of alkyl halides is 3. The van der Waals surface area contributed by atoms with Crippen molar-refractivity contribution < 1.29 is 27.2 Å².